The molecule has 0 unspecified atom stereocenters. The second-order valence-corrected chi connectivity index (χ2v) is 6.18. The number of halogens is 1. The summed E-state index contributed by atoms with van der Waals surface area (Å²) in [7, 11) is 1.75. The molecule has 1 aromatic carbocycles. The second kappa shape index (κ2) is 5.26. The molecular weight excluding hydrogens is 294 g/mol. The van der Waals surface area contributed by atoms with Crippen LogP contribution in [0.1, 0.15) is 15.5 Å². The fourth-order valence-corrected chi connectivity index (χ4v) is 3.03. The number of carbonyl (C=O) groups excluding carboxylic acids is 1. The molecule has 0 spiro atoms. The fraction of sp³-hybridized carbons (Fsp3) is 0.143. The van der Waals surface area contributed by atoms with Crippen molar-refractivity contribution in [2.24, 2.45) is 0 Å². The molecule has 0 saturated heterocycles. The molecule has 20 heavy (non-hydrogen) atoms. The molecule has 102 valence electrons. The van der Waals surface area contributed by atoms with Gasteiger partial charge < -0.3 is 9.88 Å². The lowest BCUT2D eigenvalue weighted by Crippen LogP contribution is -2.25. The maximum Gasteiger partial charge on any atom is 0.264 e. The Morgan fingerprint density at radius 1 is 1.35 bits per heavy atom. The highest BCUT2D eigenvalue weighted by Gasteiger charge is 2.15. The van der Waals surface area contributed by atoms with Gasteiger partial charge in [-0.3, -0.25) is 4.79 Å². The number of aromatic nitrogens is 2. The van der Waals surface area contributed by atoms with Gasteiger partial charge in [-0.2, -0.15) is 0 Å². The number of H-pyrrole nitrogens is 1. The Kier molecular flexibility index (Phi) is 3.46. The molecule has 4 nitrogen and oxygen atoms in total. The molecule has 0 saturated carbocycles. The number of aromatic amines is 1. The number of amides is 1. The van der Waals surface area contributed by atoms with E-state index in [2.05, 4.69) is 9.97 Å². The summed E-state index contributed by atoms with van der Waals surface area (Å²) in [5.74, 6) is 0.715. The summed E-state index contributed by atoms with van der Waals surface area (Å²) in [6, 6.07) is 11.3. The van der Waals surface area contributed by atoms with Gasteiger partial charge in [0.05, 0.1) is 26.8 Å². The van der Waals surface area contributed by atoms with Gasteiger partial charge in [0.25, 0.3) is 5.91 Å². The molecule has 1 amide bonds. The van der Waals surface area contributed by atoms with Crippen LogP contribution in [0.4, 0.5) is 0 Å². The highest BCUT2D eigenvalue weighted by molar-refractivity contribution is 7.17. The summed E-state index contributed by atoms with van der Waals surface area (Å²) >= 11 is 7.14. The number of para-hydroxylation sites is 2. The topological polar surface area (TPSA) is 49.0 Å². The maximum absolute atomic E-state index is 12.2. The fourth-order valence-electron chi connectivity index (χ4n) is 1.99. The maximum atomic E-state index is 12.2. The molecule has 3 aromatic rings. The van der Waals surface area contributed by atoms with Crippen LogP contribution in [-0.4, -0.2) is 27.8 Å². The molecule has 0 aliphatic carbocycles. The number of benzene rings is 1. The third-order valence-corrected chi connectivity index (χ3v) is 4.18. The standard InChI is InChI=1S/C14H12ClN3OS/c1-18(14(19)11-6-7-12(15)20-11)8-13-16-9-4-2-3-5-10(9)17-13/h2-7H,8H2,1H3,(H,16,17). The molecular formula is C14H12ClN3OS. The minimum atomic E-state index is -0.0534. The number of hydrogen-bond acceptors (Lipinski definition) is 3. The van der Waals surface area contributed by atoms with Gasteiger partial charge in [-0.15, -0.1) is 11.3 Å². The van der Waals surface area contributed by atoms with Crippen molar-refractivity contribution in [2.75, 3.05) is 7.05 Å². The van der Waals surface area contributed by atoms with Crippen molar-refractivity contribution in [2.45, 2.75) is 6.54 Å². The number of hydrogen-bond donors (Lipinski definition) is 1. The zero-order valence-electron chi connectivity index (χ0n) is 10.8. The van der Waals surface area contributed by atoms with E-state index in [4.69, 9.17) is 11.6 Å². The van der Waals surface area contributed by atoms with Crippen LogP contribution in [0.2, 0.25) is 4.34 Å². The van der Waals surface area contributed by atoms with Crippen molar-refractivity contribution in [3.8, 4) is 0 Å². The largest absolute Gasteiger partial charge is 0.340 e. The number of rotatable bonds is 3. The molecule has 0 aliphatic rings. The summed E-state index contributed by atoms with van der Waals surface area (Å²) in [6.07, 6.45) is 0. The summed E-state index contributed by atoms with van der Waals surface area (Å²) in [4.78, 5) is 22.1. The Morgan fingerprint density at radius 3 is 2.85 bits per heavy atom. The van der Waals surface area contributed by atoms with E-state index in [-0.39, 0.29) is 5.91 Å². The van der Waals surface area contributed by atoms with Gasteiger partial charge >= 0.3 is 0 Å². The van der Waals surface area contributed by atoms with Gasteiger partial charge in [-0.1, -0.05) is 23.7 Å². The summed E-state index contributed by atoms with van der Waals surface area (Å²) in [5.41, 5.74) is 1.88. The Labute approximate surface area is 125 Å². The van der Waals surface area contributed by atoms with Crippen LogP contribution in [0.25, 0.3) is 11.0 Å². The average molecular weight is 306 g/mol. The molecule has 0 radical (unpaired) electrons. The Balaban J connectivity index is 1.78. The Hall–Kier alpha value is -1.85. The third-order valence-electron chi connectivity index (χ3n) is 2.96. The lowest BCUT2D eigenvalue weighted by atomic mass is 10.3. The van der Waals surface area contributed by atoms with Crippen molar-refractivity contribution in [1.82, 2.24) is 14.9 Å². The lowest BCUT2D eigenvalue weighted by molar-refractivity contribution is 0.0787. The first-order chi connectivity index (χ1) is 9.63. The van der Waals surface area contributed by atoms with Crippen molar-refractivity contribution < 1.29 is 4.79 Å². The van der Waals surface area contributed by atoms with E-state index in [1.807, 2.05) is 24.3 Å². The van der Waals surface area contributed by atoms with Crippen LogP contribution in [-0.2, 0) is 6.54 Å². The minimum Gasteiger partial charge on any atom is -0.340 e. The SMILES string of the molecule is CN(Cc1nc2ccccc2[nH]1)C(=O)c1ccc(Cl)s1. The monoisotopic (exact) mass is 305 g/mol. The molecule has 0 aliphatic heterocycles. The van der Waals surface area contributed by atoms with Crippen LogP contribution in [0.5, 0.6) is 0 Å². The highest BCUT2D eigenvalue weighted by Crippen LogP contribution is 2.23. The molecule has 2 heterocycles. The quantitative estimate of drug-likeness (QED) is 0.804. The summed E-state index contributed by atoms with van der Waals surface area (Å²) < 4.78 is 0.616. The van der Waals surface area contributed by atoms with Crippen molar-refractivity contribution >= 4 is 39.9 Å². The zero-order valence-corrected chi connectivity index (χ0v) is 12.3. The van der Waals surface area contributed by atoms with Crippen LogP contribution >= 0.6 is 22.9 Å². The average Bonchev–Trinajstić information content (AvgIpc) is 3.03. The number of thiophene rings is 1. The van der Waals surface area contributed by atoms with Crippen LogP contribution in [0.15, 0.2) is 36.4 Å². The van der Waals surface area contributed by atoms with Gasteiger partial charge in [0.1, 0.15) is 5.82 Å². The Bertz CT molecular complexity index is 731. The number of nitrogens with one attached hydrogen (secondary N) is 1. The first-order valence-corrected chi connectivity index (χ1v) is 7.27. The van der Waals surface area contributed by atoms with Gasteiger partial charge in [0.2, 0.25) is 0 Å². The lowest BCUT2D eigenvalue weighted by Gasteiger charge is -2.14. The van der Waals surface area contributed by atoms with Crippen LogP contribution < -0.4 is 0 Å². The molecule has 6 heteroatoms. The molecule has 1 N–H and O–H groups in total. The third kappa shape index (κ3) is 2.55. The zero-order chi connectivity index (χ0) is 14.1. The smallest absolute Gasteiger partial charge is 0.264 e. The predicted octanol–water partition coefficient (Wildman–Crippen LogP) is 3.55. The molecule has 2 aromatic heterocycles. The van der Waals surface area contributed by atoms with E-state index < -0.39 is 0 Å². The first kappa shape index (κ1) is 13.1. The number of fused-ring (bicyclic) bond motifs is 1. The van der Waals surface area contributed by atoms with Gasteiger partial charge in [-0.25, -0.2) is 4.98 Å². The van der Waals surface area contributed by atoms with Crippen molar-refractivity contribution in [1.29, 1.82) is 0 Å². The molecule has 0 bridgehead atoms. The van der Waals surface area contributed by atoms with Gasteiger partial charge in [-0.05, 0) is 24.3 Å². The summed E-state index contributed by atoms with van der Waals surface area (Å²) in [6.45, 7) is 0.434. The van der Waals surface area contributed by atoms with E-state index in [1.54, 1.807) is 24.1 Å². The number of carbonyl (C=O) groups is 1. The van der Waals surface area contributed by atoms with E-state index in [0.29, 0.717) is 15.8 Å². The normalized spacial score (nSPS) is 10.9. The molecule has 0 atom stereocenters. The minimum absolute atomic E-state index is 0.0534. The van der Waals surface area contributed by atoms with Crippen LogP contribution in [0, 0.1) is 0 Å². The van der Waals surface area contributed by atoms with Crippen LogP contribution in [0.3, 0.4) is 0 Å². The van der Waals surface area contributed by atoms with Gasteiger partial charge in [0, 0.05) is 7.05 Å². The highest BCUT2D eigenvalue weighted by atomic mass is 35.5. The predicted molar refractivity (Wildman–Crippen MR) is 81.2 cm³/mol. The molecule has 3 rings (SSSR count). The van der Waals surface area contributed by atoms with E-state index in [1.165, 1.54) is 11.3 Å². The summed E-state index contributed by atoms with van der Waals surface area (Å²) in [5, 5.41) is 0. The van der Waals surface area contributed by atoms with E-state index in [0.717, 1.165) is 16.9 Å². The van der Waals surface area contributed by atoms with Crippen molar-refractivity contribution in [3.05, 3.63) is 51.4 Å². The van der Waals surface area contributed by atoms with E-state index >= 15 is 0 Å². The van der Waals surface area contributed by atoms with Gasteiger partial charge in [0.15, 0.2) is 0 Å². The second-order valence-electron chi connectivity index (χ2n) is 4.47. The molecule has 0 fully saturated rings. The number of nitrogens with zero attached hydrogens (tertiary/aromatic N) is 2. The first-order valence-electron chi connectivity index (χ1n) is 6.08. The Morgan fingerprint density at radius 2 is 2.15 bits per heavy atom. The van der Waals surface area contributed by atoms with E-state index in [9.17, 15) is 4.79 Å². The number of imidazole rings is 1. The van der Waals surface area contributed by atoms with Crippen molar-refractivity contribution in [3.63, 3.8) is 0 Å².